The molecule has 1 atom stereocenters. The molecule has 1 fully saturated rings. The topological polar surface area (TPSA) is 124 Å². The van der Waals surface area contributed by atoms with Gasteiger partial charge in [0.1, 0.15) is 5.75 Å². The summed E-state index contributed by atoms with van der Waals surface area (Å²) < 4.78 is 5.33. The number of β-amino-alcohol motifs (C(OH)–C–C–N with tert-alkyl or cyclic N) is 1. The highest BCUT2D eigenvalue weighted by Gasteiger charge is 2.23. The summed E-state index contributed by atoms with van der Waals surface area (Å²) in [4.78, 5) is 30.2. The Labute approximate surface area is 203 Å². The summed E-state index contributed by atoms with van der Waals surface area (Å²) in [5, 5.41) is 27.0. The van der Waals surface area contributed by atoms with Gasteiger partial charge in [0.2, 0.25) is 5.91 Å². The summed E-state index contributed by atoms with van der Waals surface area (Å²) in [6.45, 7) is 2.21. The fourth-order valence-corrected chi connectivity index (χ4v) is 4.44. The Bertz CT molecular complexity index is 1190. The Morgan fingerprint density at radius 3 is 2.69 bits per heavy atom. The molecule has 0 spiro atoms. The lowest BCUT2D eigenvalue weighted by molar-refractivity contribution is -0.115. The number of nitrogens with one attached hydrogen (secondary N) is 2. The molecule has 0 aliphatic carbocycles. The van der Waals surface area contributed by atoms with Crippen molar-refractivity contribution in [2.75, 3.05) is 38.6 Å². The van der Waals surface area contributed by atoms with Crippen molar-refractivity contribution in [3.8, 4) is 5.75 Å². The Hall–Kier alpha value is -3.53. The average Bonchev–Trinajstić information content (AvgIpc) is 2.87. The summed E-state index contributed by atoms with van der Waals surface area (Å²) >= 11 is 0. The molecule has 1 aliphatic rings. The fraction of sp³-hybridized carbons (Fsp3) is 0.346. The number of carboxylic acids is 1. The van der Waals surface area contributed by atoms with Crippen LogP contribution in [0.15, 0.2) is 54.7 Å². The molecule has 4 N–H and O–H groups in total. The highest BCUT2D eigenvalue weighted by molar-refractivity contribution is 6.01. The van der Waals surface area contributed by atoms with Gasteiger partial charge < -0.3 is 30.5 Å². The zero-order valence-electron chi connectivity index (χ0n) is 19.6. The first-order chi connectivity index (χ1) is 16.9. The molecule has 1 aromatic heterocycles. The maximum atomic E-state index is 12.3. The number of piperidine rings is 1. The third-order valence-electron chi connectivity index (χ3n) is 6.34. The molecule has 0 unspecified atom stereocenters. The number of pyridine rings is 1. The van der Waals surface area contributed by atoms with Gasteiger partial charge in [-0.3, -0.25) is 9.78 Å². The Kier molecular flexibility index (Phi) is 7.91. The van der Waals surface area contributed by atoms with Crippen LogP contribution in [0.3, 0.4) is 0 Å². The van der Waals surface area contributed by atoms with Crippen molar-refractivity contribution in [3.63, 3.8) is 0 Å². The first-order valence-corrected chi connectivity index (χ1v) is 11.6. The number of hydrogen-bond donors (Lipinski definition) is 4. The van der Waals surface area contributed by atoms with Gasteiger partial charge >= 0.3 is 5.97 Å². The average molecular weight is 479 g/mol. The van der Waals surface area contributed by atoms with Crippen LogP contribution in [0.25, 0.3) is 10.9 Å². The van der Waals surface area contributed by atoms with Crippen molar-refractivity contribution in [2.45, 2.75) is 25.0 Å². The summed E-state index contributed by atoms with van der Waals surface area (Å²) in [7, 11) is 1.62. The highest BCUT2D eigenvalue weighted by atomic mass is 16.5. The summed E-state index contributed by atoms with van der Waals surface area (Å²) in [6.07, 6.45) is 2.74. The zero-order valence-corrected chi connectivity index (χ0v) is 19.6. The van der Waals surface area contributed by atoms with Crippen LogP contribution >= 0.6 is 0 Å². The standard InChI is InChI=1S/C26H30N4O5/c1-35-18-6-7-22-21(14-18)19(8-11-27-22)24(31)16-30-12-9-17(10-13-30)28-15-25(32)29-23-5-3-2-4-20(23)26(33)34/h2-8,11,14,17,24,28,31H,9-10,12-13,15-16H2,1H3,(H,29,32)(H,33,34)/t24-/m0/s1. The lowest BCUT2D eigenvalue weighted by Crippen LogP contribution is -2.45. The van der Waals surface area contributed by atoms with Crippen molar-refractivity contribution < 1.29 is 24.5 Å². The van der Waals surface area contributed by atoms with Gasteiger partial charge in [-0.2, -0.15) is 0 Å². The van der Waals surface area contributed by atoms with Crippen LogP contribution in [0, 0.1) is 0 Å². The van der Waals surface area contributed by atoms with Crippen molar-refractivity contribution in [3.05, 3.63) is 65.9 Å². The molecule has 1 aliphatic heterocycles. The van der Waals surface area contributed by atoms with Crippen molar-refractivity contribution >= 4 is 28.5 Å². The predicted octanol–water partition coefficient (Wildman–Crippen LogP) is 2.67. The van der Waals surface area contributed by atoms with Crippen LogP contribution < -0.4 is 15.4 Å². The lowest BCUT2D eigenvalue weighted by atomic mass is 10.0. The second-order valence-electron chi connectivity index (χ2n) is 8.65. The number of rotatable bonds is 9. The Balaban J connectivity index is 1.26. The van der Waals surface area contributed by atoms with E-state index in [-0.39, 0.29) is 29.7 Å². The normalized spacial score (nSPS) is 15.6. The Morgan fingerprint density at radius 1 is 1.17 bits per heavy atom. The van der Waals surface area contributed by atoms with Gasteiger partial charge in [0.15, 0.2) is 0 Å². The summed E-state index contributed by atoms with van der Waals surface area (Å²) in [5.41, 5.74) is 1.99. The number of ether oxygens (including phenoxy) is 1. The number of amides is 1. The molecule has 35 heavy (non-hydrogen) atoms. The summed E-state index contributed by atoms with van der Waals surface area (Å²) in [6, 6.07) is 14.0. The van der Waals surface area contributed by atoms with E-state index in [9.17, 15) is 19.8 Å². The van der Waals surface area contributed by atoms with Gasteiger partial charge in [0.25, 0.3) is 0 Å². The van der Waals surface area contributed by atoms with E-state index in [1.54, 1.807) is 31.5 Å². The number of hydrogen-bond acceptors (Lipinski definition) is 7. The van der Waals surface area contributed by atoms with E-state index in [1.807, 2.05) is 24.3 Å². The highest BCUT2D eigenvalue weighted by Crippen LogP contribution is 2.27. The first kappa shape index (κ1) is 24.6. The van der Waals surface area contributed by atoms with Crippen LogP contribution in [-0.2, 0) is 4.79 Å². The van der Waals surface area contributed by atoms with Crippen LogP contribution in [0.4, 0.5) is 5.69 Å². The number of carboxylic acid groups (broad SMARTS) is 1. The molecular weight excluding hydrogens is 448 g/mol. The molecule has 0 bridgehead atoms. The molecule has 4 rings (SSSR count). The number of nitrogens with zero attached hydrogens (tertiary/aromatic N) is 2. The number of carbonyl (C=O) groups excluding carboxylic acids is 1. The largest absolute Gasteiger partial charge is 0.497 e. The zero-order chi connectivity index (χ0) is 24.8. The molecule has 2 heterocycles. The van der Waals surface area contributed by atoms with E-state index < -0.39 is 12.1 Å². The summed E-state index contributed by atoms with van der Waals surface area (Å²) in [5.74, 6) is -0.639. The van der Waals surface area contributed by atoms with E-state index in [4.69, 9.17) is 4.74 Å². The van der Waals surface area contributed by atoms with Gasteiger partial charge in [-0.1, -0.05) is 12.1 Å². The van der Waals surface area contributed by atoms with Crippen molar-refractivity contribution in [1.29, 1.82) is 0 Å². The fourth-order valence-electron chi connectivity index (χ4n) is 4.44. The van der Waals surface area contributed by atoms with E-state index in [2.05, 4.69) is 20.5 Å². The van der Waals surface area contributed by atoms with E-state index in [0.717, 1.165) is 48.1 Å². The van der Waals surface area contributed by atoms with E-state index >= 15 is 0 Å². The van der Waals surface area contributed by atoms with Gasteiger partial charge in [0, 0.05) is 24.2 Å². The number of anilines is 1. The number of fused-ring (bicyclic) bond motifs is 1. The van der Waals surface area contributed by atoms with Crippen molar-refractivity contribution in [1.82, 2.24) is 15.2 Å². The maximum Gasteiger partial charge on any atom is 0.337 e. The number of aliphatic hydroxyl groups is 1. The lowest BCUT2D eigenvalue weighted by Gasteiger charge is -2.33. The van der Waals surface area contributed by atoms with Crippen molar-refractivity contribution in [2.24, 2.45) is 0 Å². The van der Waals surface area contributed by atoms with E-state index in [0.29, 0.717) is 6.54 Å². The van der Waals surface area contributed by atoms with Gasteiger partial charge in [-0.25, -0.2) is 4.79 Å². The molecule has 3 aromatic rings. The van der Waals surface area contributed by atoms with Crippen LogP contribution in [0.1, 0.15) is 34.9 Å². The third kappa shape index (κ3) is 6.13. The van der Waals surface area contributed by atoms with Crippen LogP contribution in [-0.4, -0.2) is 71.3 Å². The molecule has 0 radical (unpaired) electrons. The van der Waals surface area contributed by atoms with Gasteiger partial charge in [-0.15, -0.1) is 0 Å². The molecule has 2 aromatic carbocycles. The number of aliphatic hydroxyl groups excluding tert-OH is 1. The number of aromatic nitrogens is 1. The van der Waals surface area contributed by atoms with Crippen LogP contribution in [0.5, 0.6) is 5.75 Å². The number of carbonyl (C=O) groups is 2. The molecule has 1 saturated heterocycles. The monoisotopic (exact) mass is 478 g/mol. The third-order valence-corrected chi connectivity index (χ3v) is 6.34. The second-order valence-corrected chi connectivity index (χ2v) is 8.65. The molecular formula is C26H30N4O5. The SMILES string of the molecule is COc1ccc2nccc([C@@H](O)CN3CCC(NCC(=O)Nc4ccccc4C(=O)O)CC3)c2c1. The minimum absolute atomic E-state index is 0.0631. The second kappa shape index (κ2) is 11.3. The predicted molar refractivity (Wildman–Crippen MR) is 133 cm³/mol. The smallest absolute Gasteiger partial charge is 0.337 e. The van der Waals surface area contributed by atoms with Gasteiger partial charge in [-0.05, 0) is 67.9 Å². The quantitative estimate of drug-likeness (QED) is 0.370. The number of aromatic carboxylic acids is 1. The number of likely N-dealkylation sites (tertiary alicyclic amines) is 1. The number of methoxy groups -OCH3 is 1. The minimum atomic E-state index is -1.08. The molecule has 1 amide bonds. The molecule has 184 valence electrons. The number of para-hydroxylation sites is 1. The minimum Gasteiger partial charge on any atom is -0.497 e. The Morgan fingerprint density at radius 2 is 1.94 bits per heavy atom. The molecule has 0 saturated carbocycles. The first-order valence-electron chi connectivity index (χ1n) is 11.6. The van der Waals surface area contributed by atoms with E-state index in [1.165, 1.54) is 6.07 Å². The maximum absolute atomic E-state index is 12.3. The van der Waals surface area contributed by atoms with Gasteiger partial charge in [0.05, 0.1) is 36.5 Å². The number of benzene rings is 2. The molecule has 9 heteroatoms. The van der Waals surface area contributed by atoms with Crippen LogP contribution in [0.2, 0.25) is 0 Å². The molecule has 9 nitrogen and oxygen atoms in total.